The summed E-state index contributed by atoms with van der Waals surface area (Å²) in [4.78, 5) is 18.2. The summed E-state index contributed by atoms with van der Waals surface area (Å²) in [6.45, 7) is 1.46. The van der Waals surface area contributed by atoms with Crippen molar-refractivity contribution in [3.8, 4) is 0 Å². The second kappa shape index (κ2) is 5.62. The molecule has 0 bridgehead atoms. The first-order chi connectivity index (χ1) is 8.27. The predicted molar refractivity (Wildman–Crippen MR) is 69.1 cm³/mol. The van der Waals surface area contributed by atoms with Gasteiger partial charge in [-0.3, -0.25) is 9.79 Å². The SMILES string of the molecule is CN1CCCCC(=NCc2ccccc2)C1=O. The van der Waals surface area contributed by atoms with Crippen LogP contribution >= 0.6 is 0 Å². The van der Waals surface area contributed by atoms with Gasteiger partial charge < -0.3 is 4.90 Å². The predicted octanol–water partition coefficient (Wildman–Crippen LogP) is 2.27. The van der Waals surface area contributed by atoms with Gasteiger partial charge in [0.1, 0.15) is 5.71 Å². The molecule has 3 nitrogen and oxygen atoms in total. The van der Waals surface area contributed by atoms with Gasteiger partial charge in [-0.15, -0.1) is 0 Å². The topological polar surface area (TPSA) is 32.7 Å². The number of carbonyl (C=O) groups is 1. The zero-order chi connectivity index (χ0) is 12.1. The first-order valence-electron chi connectivity index (χ1n) is 6.10. The molecule has 0 spiro atoms. The van der Waals surface area contributed by atoms with Gasteiger partial charge in [0.2, 0.25) is 0 Å². The molecule has 3 heteroatoms. The van der Waals surface area contributed by atoms with E-state index in [0.29, 0.717) is 6.54 Å². The summed E-state index contributed by atoms with van der Waals surface area (Å²) >= 11 is 0. The lowest BCUT2D eigenvalue weighted by Crippen LogP contribution is -2.31. The summed E-state index contributed by atoms with van der Waals surface area (Å²) in [5.74, 6) is 0.0958. The van der Waals surface area contributed by atoms with Crippen LogP contribution in [-0.2, 0) is 11.3 Å². The molecular weight excluding hydrogens is 212 g/mol. The lowest BCUT2D eigenvalue weighted by Gasteiger charge is -2.13. The lowest BCUT2D eigenvalue weighted by molar-refractivity contribution is -0.122. The summed E-state index contributed by atoms with van der Waals surface area (Å²) in [7, 11) is 1.85. The smallest absolute Gasteiger partial charge is 0.267 e. The van der Waals surface area contributed by atoms with Gasteiger partial charge in [0.25, 0.3) is 5.91 Å². The standard InChI is InChI=1S/C14H18N2O/c1-16-10-6-5-9-13(14(16)17)15-11-12-7-3-2-4-8-12/h2-4,7-8H,5-6,9-11H2,1H3. The molecule has 1 saturated heterocycles. The Morgan fingerprint density at radius 1 is 1.24 bits per heavy atom. The van der Waals surface area contributed by atoms with Gasteiger partial charge in [-0.2, -0.15) is 0 Å². The Balaban J connectivity index is 2.07. The number of hydrogen-bond donors (Lipinski definition) is 0. The maximum Gasteiger partial charge on any atom is 0.267 e. The maximum absolute atomic E-state index is 12.0. The van der Waals surface area contributed by atoms with Crippen LogP contribution in [-0.4, -0.2) is 30.1 Å². The third-order valence-corrected chi connectivity index (χ3v) is 3.05. The van der Waals surface area contributed by atoms with Gasteiger partial charge >= 0.3 is 0 Å². The summed E-state index contributed by atoms with van der Waals surface area (Å²) in [6, 6.07) is 10.1. The summed E-state index contributed by atoms with van der Waals surface area (Å²) < 4.78 is 0. The highest BCUT2D eigenvalue weighted by Crippen LogP contribution is 2.10. The normalized spacial score (nSPS) is 19.5. The molecule has 1 amide bonds. The minimum Gasteiger partial charge on any atom is -0.341 e. The van der Waals surface area contributed by atoms with E-state index in [1.807, 2.05) is 37.4 Å². The number of rotatable bonds is 2. The number of aliphatic imine (C=N–C) groups is 1. The van der Waals surface area contributed by atoms with Gasteiger partial charge in [-0.25, -0.2) is 0 Å². The Labute approximate surface area is 102 Å². The van der Waals surface area contributed by atoms with Crippen LogP contribution in [0.5, 0.6) is 0 Å². The molecule has 17 heavy (non-hydrogen) atoms. The van der Waals surface area contributed by atoms with Crippen LogP contribution in [0.1, 0.15) is 24.8 Å². The van der Waals surface area contributed by atoms with Gasteiger partial charge in [0.05, 0.1) is 6.54 Å². The van der Waals surface area contributed by atoms with E-state index < -0.39 is 0 Å². The van der Waals surface area contributed by atoms with Crippen molar-refractivity contribution in [3.63, 3.8) is 0 Å². The Hall–Kier alpha value is -1.64. The van der Waals surface area contributed by atoms with Crippen molar-refractivity contribution in [2.45, 2.75) is 25.8 Å². The highest BCUT2D eigenvalue weighted by atomic mass is 16.2. The van der Waals surface area contributed by atoms with Crippen LogP contribution in [0.4, 0.5) is 0 Å². The van der Waals surface area contributed by atoms with E-state index in [2.05, 4.69) is 4.99 Å². The van der Waals surface area contributed by atoms with Crippen LogP contribution in [0.15, 0.2) is 35.3 Å². The zero-order valence-electron chi connectivity index (χ0n) is 10.2. The molecular formula is C14H18N2O. The third kappa shape index (κ3) is 3.16. The number of carbonyl (C=O) groups excluding carboxylic acids is 1. The van der Waals surface area contributed by atoms with Crippen molar-refractivity contribution >= 4 is 11.6 Å². The summed E-state index contributed by atoms with van der Waals surface area (Å²) in [5.41, 5.74) is 1.88. The first-order valence-corrected chi connectivity index (χ1v) is 6.10. The second-order valence-corrected chi connectivity index (χ2v) is 4.43. The molecule has 1 aliphatic heterocycles. The van der Waals surface area contributed by atoms with Crippen molar-refractivity contribution in [2.24, 2.45) is 4.99 Å². The number of benzene rings is 1. The van der Waals surface area contributed by atoms with Crippen molar-refractivity contribution in [1.82, 2.24) is 4.90 Å². The number of likely N-dealkylation sites (tertiary alicyclic amines) is 1. The number of amides is 1. The van der Waals surface area contributed by atoms with Crippen LogP contribution in [0.25, 0.3) is 0 Å². The van der Waals surface area contributed by atoms with E-state index >= 15 is 0 Å². The largest absolute Gasteiger partial charge is 0.341 e. The van der Waals surface area contributed by atoms with Crippen LogP contribution in [0.3, 0.4) is 0 Å². The molecule has 0 radical (unpaired) electrons. The quantitative estimate of drug-likeness (QED) is 0.767. The van der Waals surface area contributed by atoms with E-state index in [1.54, 1.807) is 4.90 Å². The van der Waals surface area contributed by atoms with Gasteiger partial charge in [-0.05, 0) is 24.8 Å². The lowest BCUT2D eigenvalue weighted by atomic mass is 10.2. The van der Waals surface area contributed by atoms with Gasteiger partial charge in [0, 0.05) is 13.6 Å². The van der Waals surface area contributed by atoms with Crippen LogP contribution in [0.2, 0.25) is 0 Å². The van der Waals surface area contributed by atoms with Crippen molar-refractivity contribution in [2.75, 3.05) is 13.6 Å². The van der Waals surface area contributed by atoms with E-state index in [1.165, 1.54) is 0 Å². The van der Waals surface area contributed by atoms with E-state index in [-0.39, 0.29) is 5.91 Å². The molecule has 1 aliphatic rings. The maximum atomic E-state index is 12.0. The summed E-state index contributed by atoms with van der Waals surface area (Å²) in [6.07, 6.45) is 2.95. The van der Waals surface area contributed by atoms with E-state index in [4.69, 9.17) is 0 Å². The minimum absolute atomic E-state index is 0.0958. The van der Waals surface area contributed by atoms with Crippen molar-refractivity contribution < 1.29 is 4.79 Å². The molecule has 2 rings (SSSR count). The zero-order valence-corrected chi connectivity index (χ0v) is 10.2. The molecule has 0 unspecified atom stereocenters. The highest BCUT2D eigenvalue weighted by molar-refractivity contribution is 6.38. The average Bonchev–Trinajstić information content (AvgIpc) is 2.52. The fourth-order valence-electron chi connectivity index (χ4n) is 1.99. The second-order valence-electron chi connectivity index (χ2n) is 4.43. The van der Waals surface area contributed by atoms with Crippen LogP contribution < -0.4 is 0 Å². The molecule has 0 N–H and O–H groups in total. The molecule has 1 fully saturated rings. The Morgan fingerprint density at radius 3 is 2.76 bits per heavy atom. The average molecular weight is 230 g/mol. The number of nitrogens with zero attached hydrogens (tertiary/aromatic N) is 2. The highest BCUT2D eigenvalue weighted by Gasteiger charge is 2.19. The molecule has 1 aromatic rings. The Morgan fingerprint density at radius 2 is 2.00 bits per heavy atom. The van der Waals surface area contributed by atoms with Crippen molar-refractivity contribution in [1.29, 1.82) is 0 Å². The monoisotopic (exact) mass is 230 g/mol. The molecule has 0 atom stereocenters. The van der Waals surface area contributed by atoms with Gasteiger partial charge in [0.15, 0.2) is 0 Å². The van der Waals surface area contributed by atoms with Crippen molar-refractivity contribution in [3.05, 3.63) is 35.9 Å². The molecule has 1 heterocycles. The third-order valence-electron chi connectivity index (χ3n) is 3.05. The Kier molecular flexibility index (Phi) is 3.91. The first kappa shape index (κ1) is 11.8. The van der Waals surface area contributed by atoms with E-state index in [9.17, 15) is 4.79 Å². The Bertz CT molecular complexity index is 411. The number of hydrogen-bond acceptors (Lipinski definition) is 2. The van der Waals surface area contributed by atoms with Gasteiger partial charge in [-0.1, -0.05) is 30.3 Å². The molecule has 1 aromatic carbocycles. The molecule has 0 aliphatic carbocycles. The fraction of sp³-hybridized carbons (Fsp3) is 0.429. The molecule has 90 valence electrons. The van der Waals surface area contributed by atoms with Crippen LogP contribution in [0, 0.1) is 0 Å². The minimum atomic E-state index is 0.0958. The molecule has 0 aromatic heterocycles. The molecule has 0 saturated carbocycles. The van der Waals surface area contributed by atoms with E-state index in [0.717, 1.165) is 37.1 Å². The summed E-state index contributed by atoms with van der Waals surface area (Å²) in [5, 5.41) is 0. The fourth-order valence-corrected chi connectivity index (χ4v) is 1.99.